The van der Waals surface area contributed by atoms with Crippen LogP contribution in [-0.4, -0.2) is 28.0 Å². The third-order valence-corrected chi connectivity index (χ3v) is 4.75. The summed E-state index contributed by atoms with van der Waals surface area (Å²) < 4.78 is 32.4. The molecular weight excluding hydrogens is 304 g/mol. The standard InChI is InChI=1S/C15H14N2O4S/c1-17-13-9-11(7-8-14(13)21-10-15(17)18)16-22(19,20)12-5-3-2-4-6-12/h2-9,16H,10H2,1H3. The van der Waals surface area contributed by atoms with Crippen molar-refractivity contribution < 1.29 is 17.9 Å². The van der Waals surface area contributed by atoms with Crippen LogP contribution in [0.1, 0.15) is 0 Å². The molecule has 1 amide bonds. The molecule has 0 atom stereocenters. The van der Waals surface area contributed by atoms with E-state index < -0.39 is 10.0 Å². The summed E-state index contributed by atoms with van der Waals surface area (Å²) in [6, 6.07) is 12.9. The van der Waals surface area contributed by atoms with E-state index in [1.807, 2.05) is 0 Å². The fraction of sp³-hybridized carbons (Fsp3) is 0.133. The third kappa shape index (κ3) is 2.62. The molecule has 0 spiro atoms. The van der Waals surface area contributed by atoms with E-state index in [1.54, 1.807) is 43.4 Å². The van der Waals surface area contributed by atoms with Gasteiger partial charge in [0.15, 0.2) is 6.61 Å². The van der Waals surface area contributed by atoms with Crippen LogP contribution in [0.4, 0.5) is 11.4 Å². The number of hydrogen-bond donors (Lipinski definition) is 1. The zero-order valence-electron chi connectivity index (χ0n) is 11.8. The number of hydrogen-bond acceptors (Lipinski definition) is 4. The number of likely N-dealkylation sites (N-methyl/N-ethyl adjacent to an activating group) is 1. The van der Waals surface area contributed by atoms with Crippen LogP contribution in [-0.2, 0) is 14.8 Å². The molecule has 0 fully saturated rings. The smallest absolute Gasteiger partial charge is 0.264 e. The van der Waals surface area contributed by atoms with Gasteiger partial charge >= 0.3 is 0 Å². The van der Waals surface area contributed by atoms with E-state index in [1.165, 1.54) is 17.0 Å². The Balaban J connectivity index is 1.93. The summed E-state index contributed by atoms with van der Waals surface area (Å²) in [5.74, 6) is 0.361. The molecule has 0 saturated carbocycles. The van der Waals surface area contributed by atoms with Crippen molar-refractivity contribution in [3.8, 4) is 5.75 Å². The molecule has 22 heavy (non-hydrogen) atoms. The fourth-order valence-electron chi connectivity index (χ4n) is 2.15. The van der Waals surface area contributed by atoms with Crippen molar-refractivity contribution in [1.29, 1.82) is 0 Å². The Morgan fingerprint density at radius 3 is 2.59 bits per heavy atom. The highest BCUT2D eigenvalue weighted by molar-refractivity contribution is 7.92. The van der Waals surface area contributed by atoms with Crippen molar-refractivity contribution >= 4 is 27.3 Å². The minimum atomic E-state index is -3.67. The van der Waals surface area contributed by atoms with E-state index >= 15 is 0 Å². The molecule has 0 unspecified atom stereocenters. The van der Waals surface area contributed by atoms with Crippen molar-refractivity contribution in [1.82, 2.24) is 0 Å². The van der Waals surface area contributed by atoms with E-state index in [0.29, 0.717) is 17.1 Å². The van der Waals surface area contributed by atoms with Crippen molar-refractivity contribution in [2.75, 3.05) is 23.3 Å². The molecule has 1 aliphatic rings. The third-order valence-electron chi connectivity index (χ3n) is 3.35. The molecule has 2 aromatic carbocycles. The number of amides is 1. The van der Waals surface area contributed by atoms with Crippen molar-refractivity contribution in [3.05, 3.63) is 48.5 Å². The Kier molecular flexibility index (Phi) is 3.50. The van der Waals surface area contributed by atoms with Gasteiger partial charge in [-0.25, -0.2) is 8.42 Å². The van der Waals surface area contributed by atoms with Gasteiger partial charge in [0.1, 0.15) is 5.75 Å². The first kappa shape index (κ1) is 14.4. The summed E-state index contributed by atoms with van der Waals surface area (Å²) >= 11 is 0. The molecule has 1 aliphatic heterocycles. The maximum Gasteiger partial charge on any atom is 0.264 e. The Hall–Kier alpha value is -2.54. The molecule has 7 heteroatoms. The molecule has 2 aromatic rings. The number of fused-ring (bicyclic) bond motifs is 1. The summed E-state index contributed by atoms with van der Waals surface area (Å²) in [5.41, 5.74) is 0.900. The predicted octanol–water partition coefficient (Wildman–Crippen LogP) is 1.84. The zero-order valence-corrected chi connectivity index (χ0v) is 12.6. The number of rotatable bonds is 3. The van der Waals surface area contributed by atoms with Crippen LogP contribution in [0.25, 0.3) is 0 Å². The Morgan fingerprint density at radius 2 is 1.86 bits per heavy atom. The molecule has 0 bridgehead atoms. The lowest BCUT2D eigenvalue weighted by Crippen LogP contribution is -2.35. The predicted molar refractivity (Wildman–Crippen MR) is 82.6 cm³/mol. The van der Waals surface area contributed by atoms with Gasteiger partial charge in [0, 0.05) is 7.05 Å². The van der Waals surface area contributed by atoms with Crippen LogP contribution in [0.15, 0.2) is 53.4 Å². The highest BCUT2D eigenvalue weighted by atomic mass is 32.2. The Morgan fingerprint density at radius 1 is 1.14 bits per heavy atom. The van der Waals surface area contributed by atoms with Crippen LogP contribution in [0, 0.1) is 0 Å². The van der Waals surface area contributed by atoms with E-state index in [9.17, 15) is 13.2 Å². The maximum absolute atomic E-state index is 12.3. The minimum Gasteiger partial charge on any atom is -0.482 e. The highest BCUT2D eigenvalue weighted by Gasteiger charge is 2.23. The first-order valence-corrected chi connectivity index (χ1v) is 8.07. The van der Waals surface area contributed by atoms with Crippen LogP contribution in [0.2, 0.25) is 0 Å². The van der Waals surface area contributed by atoms with Crippen molar-refractivity contribution in [2.24, 2.45) is 0 Å². The van der Waals surface area contributed by atoms with Gasteiger partial charge in [-0.05, 0) is 30.3 Å². The average Bonchev–Trinajstić information content (AvgIpc) is 2.52. The molecule has 0 radical (unpaired) electrons. The molecule has 1 heterocycles. The Bertz CT molecular complexity index is 819. The molecule has 0 aromatic heterocycles. The highest BCUT2D eigenvalue weighted by Crippen LogP contribution is 2.34. The summed E-state index contributed by atoms with van der Waals surface area (Å²) in [6.07, 6.45) is 0. The summed E-state index contributed by atoms with van der Waals surface area (Å²) in [5, 5.41) is 0. The van der Waals surface area contributed by atoms with Gasteiger partial charge in [-0.1, -0.05) is 18.2 Å². The number of nitrogens with one attached hydrogen (secondary N) is 1. The lowest BCUT2D eigenvalue weighted by atomic mass is 10.2. The van der Waals surface area contributed by atoms with Gasteiger partial charge in [0.2, 0.25) is 0 Å². The number of carbonyl (C=O) groups is 1. The van der Waals surface area contributed by atoms with Gasteiger partial charge in [0.05, 0.1) is 16.3 Å². The number of anilines is 2. The molecule has 3 rings (SSSR count). The Labute approximate surface area is 128 Å². The zero-order chi connectivity index (χ0) is 15.7. The SMILES string of the molecule is CN1C(=O)COc2ccc(NS(=O)(=O)c3ccccc3)cc21. The number of ether oxygens (including phenoxy) is 1. The maximum atomic E-state index is 12.3. The summed E-state index contributed by atoms with van der Waals surface area (Å²) in [4.78, 5) is 13.3. The van der Waals surface area contributed by atoms with Crippen LogP contribution < -0.4 is 14.4 Å². The van der Waals surface area contributed by atoms with Crippen LogP contribution in [0.5, 0.6) is 5.75 Å². The second-order valence-corrected chi connectivity index (χ2v) is 6.52. The molecule has 114 valence electrons. The van der Waals surface area contributed by atoms with E-state index in [4.69, 9.17) is 4.74 Å². The quantitative estimate of drug-likeness (QED) is 0.937. The lowest BCUT2D eigenvalue weighted by Gasteiger charge is -2.26. The van der Waals surface area contributed by atoms with Gasteiger partial charge in [-0.2, -0.15) is 0 Å². The monoisotopic (exact) mass is 318 g/mol. The van der Waals surface area contributed by atoms with Gasteiger partial charge in [-0.15, -0.1) is 0 Å². The van der Waals surface area contributed by atoms with Gasteiger partial charge in [0.25, 0.3) is 15.9 Å². The number of carbonyl (C=O) groups excluding carboxylic acids is 1. The van der Waals surface area contributed by atoms with Crippen LogP contribution >= 0.6 is 0 Å². The summed E-state index contributed by atoms with van der Waals surface area (Å²) in [7, 11) is -2.04. The molecule has 6 nitrogen and oxygen atoms in total. The van der Waals surface area contributed by atoms with E-state index in [-0.39, 0.29) is 17.4 Å². The molecular formula is C15H14N2O4S. The van der Waals surface area contributed by atoms with Crippen molar-refractivity contribution in [3.63, 3.8) is 0 Å². The number of sulfonamides is 1. The second-order valence-electron chi connectivity index (χ2n) is 4.84. The number of nitrogens with zero attached hydrogens (tertiary/aromatic N) is 1. The lowest BCUT2D eigenvalue weighted by molar-refractivity contribution is -0.120. The molecule has 0 aliphatic carbocycles. The van der Waals surface area contributed by atoms with Crippen LogP contribution in [0.3, 0.4) is 0 Å². The summed E-state index contributed by atoms with van der Waals surface area (Å²) in [6.45, 7) is -0.0153. The number of benzene rings is 2. The normalized spacial score (nSPS) is 14.2. The van der Waals surface area contributed by atoms with Gasteiger partial charge in [-0.3, -0.25) is 9.52 Å². The van der Waals surface area contributed by atoms with E-state index in [0.717, 1.165) is 0 Å². The first-order valence-electron chi connectivity index (χ1n) is 6.59. The fourth-order valence-corrected chi connectivity index (χ4v) is 3.22. The largest absolute Gasteiger partial charge is 0.482 e. The van der Waals surface area contributed by atoms with Gasteiger partial charge < -0.3 is 9.64 Å². The molecule has 0 saturated heterocycles. The van der Waals surface area contributed by atoms with Crippen molar-refractivity contribution in [2.45, 2.75) is 4.90 Å². The van der Waals surface area contributed by atoms with E-state index in [2.05, 4.69) is 4.72 Å². The first-order chi connectivity index (χ1) is 10.5. The average molecular weight is 318 g/mol. The minimum absolute atomic E-state index is 0.0153. The topological polar surface area (TPSA) is 75.7 Å². The molecule has 1 N–H and O–H groups in total. The second kappa shape index (κ2) is 5.34.